The third-order valence-electron chi connectivity index (χ3n) is 5.93. The van der Waals surface area contributed by atoms with Crippen LogP contribution in [0.15, 0.2) is 85.2 Å². The summed E-state index contributed by atoms with van der Waals surface area (Å²) in [6.07, 6.45) is 1.74. The highest BCUT2D eigenvalue weighted by atomic mass is 35.5. The van der Waals surface area contributed by atoms with Crippen molar-refractivity contribution in [2.24, 2.45) is 0 Å². The molecule has 3 aromatic carbocycles. The number of halogens is 2. The summed E-state index contributed by atoms with van der Waals surface area (Å²) in [5, 5.41) is 19.8. The monoisotopic (exact) mass is 512 g/mol. The van der Waals surface area contributed by atoms with E-state index in [0.29, 0.717) is 41.8 Å². The van der Waals surface area contributed by atoms with Crippen molar-refractivity contribution < 1.29 is 0 Å². The van der Waals surface area contributed by atoms with Gasteiger partial charge in [-0.1, -0.05) is 65.7 Å². The largest absolute Gasteiger partial charge is 0.312 e. The van der Waals surface area contributed by atoms with Crippen molar-refractivity contribution in [3.63, 3.8) is 0 Å². The van der Waals surface area contributed by atoms with Crippen LogP contribution in [0.3, 0.4) is 0 Å². The lowest BCUT2D eigenvalue weighted by Crippen LogP contribution is -2.25. The van der Waals surface area contributed by atoms with Crippen LogP contribution in [-0.4, -0.2) is 24.6 Å². The maximum absolute atomic E-state index is 9.06. The van der Waals surface area contributed by atoms with E-state index in [9.17, 15) is 0 Å². The zero-order chi connectivity index (χ0) is 24.9. The molecule has 0 aliphatic heterocycles. The molecule has 0 amide bonds. The van der Waals surface area contributed by atoms with Gasteiger partial charge in [0, 0.05) is 18.5 Å². The van der Waals surface area contributed by atoms with Crippen molar-refractivity contribution >= 4 is 34.1 Å². The average molecular weight is 513 g/mol. The third kappa shape index (κ3) is 5.72. The van der Waals surface area contributed by atoms with Gasteiger partial charge in [0.2, 0.25) is 0 Å². The lowest BCUT2D eigenvalue weighted by atomic mass is 10.1. The molecule has 2 aromatic heterocycles. The first-order valence-electron chi connectivity index (χ1n) is 11.4. The van der Waals surface area contributed by atoms with E-state index >= 15 is 0 Å². The Bertz CT molecular complexity index is 1540. The average Bonchev–Trinajstić information content (AvgIpc) is 3.32. The molecule has 0 N–H and O–H groups in total. The van der Waals surface area contributed by atoms with Gasteiger partial charge < -0.3 is 4.57 Å². The molecule has 0 saturated heterocycles. The Kier molecular flexibility index (Phi) is 7.24. The van der Waals surface area contributed by atoms with Crippen molar-refractivity contribution in [1.29, 1.82) is 5.26 Å². The van der Waals surface area contributed by atoms with Crippen LogP contribution >= 0.6 is 23.2 Å². The van der Waals surface area contributed by atoms with Crippen molar-refractivity contribution in [3.05, 3.63) is 123 Å². The molecule has 6 nitrogen and oxygen atoms in total. The zero-order valence-corrected chi connectivity index (χ0v) is 20.9. The van der Waals surface area contributed by atoms with Crippen molar-refractivity contribution in [2.75, 3.05) is 0 Å². The molecule has 0 unspecified atom stereocenters. The summed E-state index contributed by atoms with van der Waals surface area (Å²) in [4.78, 5) is 7.13. The smallest absolute Gasteiger partial charge is 0.147 e. The van der Waals surface area contributed by atoms with Crippen LogP contribution in [0.4, 0.5) is 0 Å². The second-order valence-corrected chi connectivity index (χ2v) is 9.39. The molecule has 0 aliphatic rings. The predicted octanol–water partition coefficient (Wildman–Crippen LogP) is 6.26. The molecular formula is C28H22Cl2N6. The number of nitrogens with zero attached hydrogens (tertiary/aromatic N) is 6. The summed E-state index contributed by atoms with van der Waals surface area (Å²) in [5.41, 5.74) is 4.68. The molecule has 0 saturated carbocycles. The number of para-hydroxylation sites is 1. The van der Waals surface area contributed by atoms with Gasteiger partial charge >= 0.3 is 0 Å². The van der Waals surface area contributed by atoms with Gasteiger partial charge in [-0.15, -0.1) is 10.2 Å². The fourth-order valence-electron chi connectivity index (χ4n) is 4.10. The second kappa shape index (κ2) is 10.9. The van der Waals surface area contributed by atoms with Crippen LogP contribution in [0, 0.1) is 11.3 Å². The molecule has 36 heavy (non-hydrogen) atoms. The van der Waals surface area contributed by atoms with Gasteiger partial charge in [-0.25, -0.2) is 0 Å². The van der Waals surface area contributed by atoms with Crippen LogP contribution in [0.25, 0.3) is 10.9 Å². The van der Waals surface area contributed by atoms with E-state index in [0.717, 1.165) is 33.5 Å². The van der Waals surface area contributed by atoms with Crippen LogP contribution < -0.4 is 0 Å². The van der Waals surface area contributed by atoms with Crippen LogP contribution in [0.1, 0.15) is 28.2 Å². The van der Waals surface area contributed by atoms with Crippen LogP contribution in [-0.2, 0) is 26.2 Å². The summed E-state index contributed by atoms with van der Waals surface area (Å²) >= 11 is 12.4. The summed E-state index contributed by atoms with van der Waals surface area (Å²) in [6.45, 7) is 2.43. The van der Waals surface area contributed by atoms with Crippen LogP contribution in [0.2, 0.25) is 10.0 Å². The van der Waals surface area contributed by atoms with Gasteiger partial charge in [0.15, 0.2) is 0 Å². The highest BCUT2D eigenvalue weighted by molar-refractivity contribution is 6.42. The van der Waals surface area contributed by atoms with E-state index in [2.05, 4.69) is 39.4 Å². The van der Waals surface area contributed by atoms with E-state index in [-0.39, 0.29) is 0 Å². The number of fused-ring (bicyclic) bond motifs is 1. The second-order valence-electron chi connectivity index (χ2n) is 8.57. The lowest BCUT2D eigenvalue weighted by molar-refractivity contribution is 0.235. The number of hydrogen-bond acceptors (Lipinski definition) is 5. The van der Waals surface area contributed by atoms with E-state index in [1.165, 1.54) is 0 Å². The normalized spacial score (nSPS) is 11.2. The fraction of sp³-hybridized carbons (Fsp3) is 0.143. The maximum atomic E-state index is 9.06. The molecule has 2 heterocycles. The lowest BCUT2D eigenvalue weighted by Gasteiger charge is -2.22. The van der Waals surface area contributed by atoms with E-state index in [4.69, 9.17) is 33.4 Å². The first kappa shape index (κ1) is 24.0. The Labute approximate surface area is 219 Å². The molecule has 5 rings (SSSR count). The standard InChI is InChI=1S/C28H22Cl2N6/c29-25-12-9-22(13-26(25)30)15-35(17-24-11-10-23-3-1-2-4-27(23)33-24)18-28-34-32-19-36(28)16-21-7-5-20(14-31)6-8-21/h1-13,19H,15-18H2. The molecule has 0 spiro atoms. The van der Waals surface area contributed by atoms with E-state index in [1.807, 2.05) is 65.2 Å². The minimum atomic E-state index is 0.530. The summed E-state index contributed by atoms with van der Waals surface area (Å²) in [7, 11) is 0. The highest BCUT2D eigenvalue weighted by Crippen LogP contribution is 2.24. The minimum absolute atomic E-state index is 0.530. The van der Waals surface area contributed by atoms with Gasteiger partial charge in [-0.3, -0.25) is 9.88 Å². The quantitative estimate of drug-likeness (QED) is 0.245. The fourth-order valence-corrected chi connectivity index (χ4v) is 4.42. The Hall–Kier alpha value is -3.76. The summed E-state index contributed by atoms with van der Waals surface area (Å²) < 4.78 is 2.02. The van der Waals surface area contributed by atoms with Gasteiger partial charge in [0.1, 0.15) is 12.2 Å². The van der Waals surface area contributed by atoms with Crippen molar-refractivity contribution in [3.8, 4) is 6.07 Å². The Balaban J connectivity index is 1.40. The molecule has 0 fully saturated rings. The predicted molar refractivity (Wildman–Crippen MR) is 141 cm³/mol. The van der Waals surface area contributed by atoms with E-state index in [1.54, 1.807) is 6.33 Å². The molecule has 5 aromatic rings. The minimum Gasteiger partial charge on any atom is -0.312 e. The number of hydrogen-bond donors (Lipinski definition) is 0. The molecule has 0 aliphatic carbocycles. The SMILES string of the molecule is N#Cc1ccc(Cn2cnnc2CN(Cc2ccc(Cl)c(Cl)c2)Cc2ccc3ccccc3n2)cc1. The van der Waals surface area contributed by atoms with Gasteiger partial charge in [-0.05, 0) is 47.5 Å². The Morgan fingerprint density at radius 3 is 2.44 bits per heavy atom. The summed E-state index contributed by atoms with van der Waals surface area (Å²) in [5.74, 6) is 0.834. The zero-order valence-electron chi connectivity index (χ0n) is 19.4. The number of pyridine rings is 1. The number of rotatable bonds is 8. The molecular weight excluding hydrogens is 491 g/mol. The summed E-state index contributed by atoms with van der Waals surface area (Å²) in [6, 6.07) is 27.7. The number of benzene rings is 3. The molecule has 0 radical (unpaired) electrons. The third-order valence-corrected chi connectivity index (χ3v) is 6.67. The number of nitriles is 1. The highest BCUT2D eigenvalue weighted by Gasteiger charge is 2.15. The first-order chi connectivity index (χ1) is 17.6. The molecule has 8 heteroatoms. The Morgan fingerprint density at radius 1 is 0.833 bits per heavy atom. The number of aromatic nitrogens is 4. The van der Waals surface area contributed by atoms with Crippen molar-refractivity contribution in [2.45, 2.75) is 26.2 Å². The first-order valence-corrected chi connectivity index (χ1v) is 12.2. The Morgan fingerprint density at radius 2 is 1.64 bits per heavy atom. The van der Waals surface area contributed by atoms with Gasteiger partial charge in [-0.2, -0.15) is 5.26 Å². The van der Waals surface area contributed by atoms with E-state index < -0.39 is 0 Å². The molecule has 178 valence electrons. The van der Waals surface area contributed by atoms with Crippen molar-refractivity contribution in [1.82, 2.24) is 24.6 Å². The molecule has 0 atom stereocenters. The topological polar surface area (TPSA) is 70.6 Å². The molecule has 0 bridgehead atoms. The van der Waals surface area contributed by atoms with Gasteiger partial charge in [0.05, 0.1) is 46.0 Å². The van der Waals surface area contributed by atoms with Crippen LogP contribution in [0.5, 0.6) is 0 Å². The maximum Gasteiger partial charge on any atom is 0.147 e. The van der Waals surface area contributed by atoms with Gasteiger partial charge in [0.25, 0.3) is 0 Å².